The van der Waals surface area contributed by atoms with E-state index in [4.69, 9.17) is 4.74 Å². The van der Waals surface area contributed by atoms with E-state index in [-0.39, 0.29) is 0 Å². The van der Waals surface area contributed by atoms with Crippen molar-refractivity contribution in [2.45, 2.75) is 32.3 Å². The quantitative estimate of drug-likeness (QED) is 0.906. The van der Waals surface area contributed by atoms with Crippen molar-refractivity contribution in [3.63, 3.8) is 0 Å². The first kappa shape index (κ1) is 14.8. The molecule has 0 bridgehead atoms. The van der Waals surface area contributed by atoms with Crippen molar-refractivity contribution in [3.8, 4) is 6.07 Å². The summed E-state index contributed by atoms with van der Waals surface area (Å²) in [5.41, 5.74) is 2.27. The molecule has 1 aliphatic heterocycles. The third-order valence-corrected chi connectivity index (χ3v) is 3.79. The van der Waals surface area contributed by atoms with Gasteiger partial charge in [0.2, 0.25) is 0 Å². The largest absolute Gasteiger partial charge is 0.388 e. The number of nitrogens with zero attached hydrogens (tertiary/aromatic N) is 3. The molecule has 0 unspecified atom stereocenters. The minimum Gasteiger partial charge on any atom is -0.388 e. The number of aromatic nitrogens is 1. The van der Waals surface area contributed by atoms with E-state index in [9.17, 15) is 10.4 Å². The standard InChI is InChI=1S/C15H21N3O2/c1-11-8-14(13(9-16)12(2)17-11)18(3)10-15(19)4-6-20-7-5-15/h8,19H,4-7,10H2,1-3H3. The van der Waals surface area contributed by atoms with E-state index in [0.717, 1.165) is 17.1 Å². The third kappa shape index (κ3) is 3.09. The summed E-state index contributed by atoms with van der Waals surface area (Å²) in [5.74, 6) is 0. The molecule has 1 aromatic heterocycles. The summed E-state index contributed by atoms with van der Waals surface area (Å²) < 4.78 is 5.29. The van der Waals surface area contributed by atoms with Crippen LogP contribution in [0.4, 0.5) is 5.69 Å². The molecule has 0 spiro atoms. The average molecular weight is 275 g/mol. The number of aliphatic hydroxyl groups is 1. The Hall–Kier alpha value is -1.64. The lowest BCUT2D eigenvalue weighted by Gasteiger charge is -2.36. The Morgan fingerprint density at radius 1 is 1.45 bits per heavy atom. The lowest BCUT2D eigenvalue weighted by Crippen LogP contribution is -2.46. The van der Waals surface area contributed by atoms with Crippen LogP contribution < -0.4 is 4.90 Å². The fraction of sp³-hybridized carbons (Fsp3) is 0.600. The van der Waals surface area contributed by atoms with E-state index >= 15 is 0 Å². The first-order chi connectivity index (χ1) is 9.45. The van der Waals surface area contributed by atoms with Gasteiger partial charge < -0.3 is 14.7 Å². The van der Waals surface area contributed by atoms with E-state index in [1.807, 2.05) is 31.9 Å². The van der Waals surface area contributed by atoms with Crippen molar-refractivity contribution < 1.29 is 9.84 Å². The van der Waals surface area contributed by atoms with Crippen LogP contribution in [0.25, 0.3) is 0 Å². The molecule has 1 aromatic rings. The van der Waals surface area contributed by atoms with Gasteiger partial charge in [0.05, 0.1) is 22.5 Å². The van der Waals surface area contributed by atoms with Gasteiger partial charge in [-0.2, -0.15) is 5.26 Å². The summed E-state index contributed by atoms with van der Waals surface area (Å²) in [5, 5.41) is 19.9. The van der Waals surface area contributed by atoms with Crippen molar-refractivity contribution in [1.29, 1.82) is 5.26 Å². The van der Waals surface area contributed by atoms with Crippen LogP contribution >= 0.6 is 0 Å². The molecule has 1 aliphatic rings. The van der Waals surface area contributed by atoms with Gasteiger partial charge in [-0.15, -0.1) is 0 Å². The van der Waals surface area contributed by atoms with Crippen LogP contribution in [0, 0.1) is 25.2 Å². The van der Waals surface area contributed by atoms with Crippen LogP contribution in [0.2, 0.25) is 0 Å². The zero-order chi connectivity index (χ0) is 14.8. The second-order valence-electron chi connectivity index (χ2n) is 5.55. The molecule has 5 nitrogen and oxygen atoms in total. The zero-order valence-corrected chi connectivity index (χ0v) is 12.3. The number of likely N-dealkylation sites (N-methyl/N-ethyl adjacent to an activating group) is 1. The number of hydrogen-bond donors (Lipinski definition) is 1. The van der Waals surface area contributed by atoms with Gasteiger partial charge >= 0.3 is 0 Å². The molecule has 0 radical (unpaired) electrons. The number of anilines is 1. The van der Waals surface area contributed by atoms with Crippen LogP contribution in [0.15, 0.2) is 6.07 Å². The maximum atomic E-state index is 10.6. The van der Waals surface area contributed by atoms with Gasteiger partial charge in [0.1, 0.15) is 6.07 Å². The van der Waals surface area contributed by atoms with Gasteiger partial charge in [0, 0.05) is 45.3 Å². The van der Waals surface area contributed by atoms with Crippen LogP contribution in [0.1, 0.15) is 29.8 Å². The summed E-state index contributed by atoms with van der Waals surface area (Å²) in [4.78, 5) is 6.27. The smallest absolute Gasteiger partial charge is 0.103 e. The van der Waals surface area contributed by atoms with Crippen LogP contribution in [-0.2, 0) is 4.74 Å². The fourth-order valence-electron chi connectivity index (χ4n) is 2.68. The predicted octanol–water partition coefficient (Wildman–Crippen LogP) is 1.55. The Kier molecular flexibility index (Phi) is 4.26. The Balaban J connectivity index is 2.25. The van der Waals surface area contributed by atoms with E-state index in [0.29, 0.717) is 38.2 Å². The number of hydrogen-bond acceptors (Lipinski definition) is 5. The minimum atomic E-state index is -0.745. The molecule has 20 heavy (non-hydrogen) atoms. The molecule has 0 saturated carbocycles. The SMILES string of the molecule is Cc1cc(N(C)CC2(O)CCOCC2)c(C#N)c(C)n1. The monoisotopic (exact) mass is 275 g/mol. The van der Waals surface area contributed by atoms with Gasteiger partial charge in [0.15, 0.2) is 0 Å². The number of pyridine rings is 1. The van der Waals surface area contributed by atoms with E-state index in [1.165, 1.54) is 0 Å². The molecule has 1 fully saturated rings. The van der Waals surface area contributed by atoms with Crippen molar-refractivity contribution in [3.05, 3.63) is 23.0 Å². The highest BCUT2D eigenvalue weighted by molar-refractivity contribution is 5.61. The van der Waals surface area contributed by atoms with Crippen molar-refractivity contribution >= 4 is 5.69 Å². The van der Waals surface area contributed by atoms with Crippen molar-refractivity contribution in [2.75, 3.05) is 31.7 Å². The maximum Gasteiger partial charge on any atom is 0.103 e. The lowest BCUT2D eigenvalue weighted by molar-refractivity contribution is -0.0572. The number of rotatable bonds is 3. The number of nitriles is 1. The average Bonchev–Trinajstić information content (AvgIpc) is 2.38. The molecule has 1 saturated heterocycles. The molecule has 5 heteroatoms. The van der Waals surface area contributed by atoms with Gasteiger partial charge in [0.25, 0.3) is 0 Å². The highest BCUT2D eigenvalue weighted by atomic mass is 16.5. The normalized spacial score (nSPS) is 17.6. The van der Waals surface area contributed by atoms with E-state index in [1.54, 1.807) is 0 Å². The number of ether oxygens (including phenoxy) is 1. The van der Waals surface area contributed by atoms with Gasteiger partial charge in [-0.1, -0.05) is 0 Å². The van der Waals surface area contributed by atoms with Crippen molar-refractivity contribution in [1.82, 2.24) is 4.98 Å². The molecule has 0 amide bonds. The summed E-state index contributed by atoms with van der Waals surface area (Å²) in [6.07, 6.45) is 1.25. The Labute approximate surface area is 119 Å². The number of aryl methyl sites for hydroxylation is 2. The predicted molar refractivity (Wildman–Crippen MR) is 76.7 cm³/mol. The van der Waals surface area contributed by atoms with Crippen LogP contribution in [-0.4, -0.2) is 42.5 Å². The van der Waals surface area contributed by atoms with Gasteiger partial charge in [-0.05, 0) is 19.9 Å². The molecule has 0 aliphatic carbocycles. The Morgan fingerprint density at radius 2 is 2.10 bits per heavy atom. The topological polar surface area (TPSA) is 69.4 Å². The summed E-state index contributed by atoms with van der Waals surface area (Å²) >= 11 is 0. The second kappa shape index (κ2) is 5.78. The molecule has 0 aromatic carbocycles. The minimum absolute atomic E-state index is 0.494. The molecule has 0 atom stereocenters. The highest BCUT2D eigenvalue weighted by Crippen LogP contribution is 2.27. The third-order valence-electron chi connectivity index (χ3n) is 3.79. The van der Waals surface area contributed by atoms with E-state index < -0.39 is 5.60 Å². The summed E-state index contributed by atoms with van der Waals surface area (Å²) in [7, 11) is 1.91. The molecule has 2 heterocycles. The summed E-state index contributed by atoms with van der Waals surface area (Å²) in [6, 6.07) is 4.11. The van der Waals surface area contributed by atoms with Gasteiger partial charge in [-0.25, -0.2) is 0 Å². The van der Waals surface area contributed by atoms with E-state index in [2.05, 4.69) is 11.1 Å². The molecule has 1 N–H and O–H groups in total. The fourth-order valence-corrected chi connectivity index (χ4v) is 2.68. The first-order valence-corrected chi connectivity index (χ1v) is 6.85. The Bertz CT molecular complexity index is 531. The second-order valence-corrected chi connectivity index (χ2v) is 5.55. The van der Waals surface area contributed by atoms with Crippen LogP contribution in [0.3, 0.4) is 0 Å². The van der Waals surface area contributed by atoms with Crippen LogP contribution in [0.5, 0.6) is 0 Å². The first-order valence-electron chi connectivity index (χ1n) is 6.85. The van der Waals surface area contributed by atoms with Gasteiger partial charge in [-0.3, -0.25) is 4.98 Å². The lowest BCUT2D eigenvalue weighted by atomic mass is 9.93. The Morgan fingerprint density at radius 3 is 2.70 bits per heavy atom. The molecular weight excluding hydrogens is 254 g/mol. The molecule has 108 valence electrons. The highest BCUT2D eigenvalue weighted by Gasteiger charge is 2.31. The molecule has 2 rings (SSSR count). The maximum absolute atomic E-state index is 10.6. The van der Waals surface area contributed by atoms with Crippen molar-refractivity contribution in [2.24, 2.45) is 0 Å². The summed E-state index contributed by atoms with van der Waals surface area (Å²) in [6.45, 7) is 5.42. The zero-order valence-electron chi connectivity index (χ0n) is 12.3. The molecular formula is C15H21N3O2.